The number of aromatic carboxylic acids is 1. The van der Waals surface area contributed by atoms with E-state index in [1.54, 1.807) is 10.6 Å². The first kappa shape index (κ1) is 22.4. The van der Waals surface area contributed by atoms with E-state index in [9.17, 15) is 14.7 Å². The van der Waals surface area contributed by atoms with Gasteiger partial charge in [0.2, 0.25) is 5.43 Å². The molecule has 0 saturated heterocycles. The summed E-state index contributed by atoms with van der Waals surface area (Å²) in [6, 6.07) is 12.9. The van der Waals surface area contributed by atoms with Crippen LogP contribution in [-0.4, -0.2) is 33.8 Å². The lowest BCUT2D eigenvalue weighted by Gasteiger charge is -2.37. The third kappa shape index (κ3) is 3.92. The molecule has 2 saturated carbocycles. The number of nitrogens with two attached hydrogens (primary N) is 1. The van der Waals surface area contributed by atoms with E-state index in [0.717, 1.165) is 19.3 Å². The van der Waals surface area contributed by atoms with Crippen LogP contribution >= 0.6 is 0 Å². The quantitative estimate of drug-likeness (QED) is 0.392. The van der Waals surface area contributed by atoms with Crippen LogP contribution < -0.4 is 21.8 Å². The van der Waals surface area contributed by atoms with Crippen molar-refractivity contribution < 1.29 is 14.3 Å². The van der Waals surface area contributed by atoms with Gasteiger partial charge in [-0.1, -0.05) is 30.3 Å². The highest BCUT2D eigenvalue weighted by Crippen LogP contribution is 2.42. The number of fused-ring (bicyclic) bond motifs is 1. The van der Waals surface area contributed by atoms with Gasteiger partial charge in [0.05, 0.1) is 22.3 Å². The number of carbonyl (C=O) groups is 1. The van der Waals surface area contributed by atoms with Gasteiger partial charge in [0.1, 0.15) is 5.56 Å². The second-order valence-electron chi connectivity index (χ2n) is 9.76. The van der Waals surface area contributed by atoms with Crippen molar-refractivity contribution >= 4 is 28.2 Å². The Morgan fingerprint density at radius 1 is 1.18 bits per heavy atom. The average Bonchev–Trinajstić information content (AvgIpc) is 3.55. The van der Waals surface area contributed by atoms with Crippen molar-refractivity contribution in [3.63, 3.8) is 0 Å². The number of nitrogen functional groups attached to an aromatic ring is 1. The topological polar surface area (TPSA) is 109 Å². The van der Waals surface area contributed by atoms with Gasteiger partial charge in [-0.2, -0.15) is 0 Å². The summed E-state index contributed by atoms with van der Waals surface area (Å²) in [5, 5.41) is 16.3. The third-order valence-electron chi connectivity index (χ3n) is 7.05. The van der Waals surface area contributed by atoms with Gasteiger partial charge in [-0.05, 0) is 44.7 Å². The Morgan fingerprint density at radius 2 is 1.88 bits per heavy atom. The third-order valence-corrected chi connectivity index (χ3v) is 7.05. The molecular weight excluding hydrogens is 435 g/mol. The molecule has 5 rings (SSSR count). The number of pyridine rings is 1. The highest BCUT2D eigenvalue weighted by Gasteiger charge is 2.42. The van der Waals surface area contributed by atoms with E-state index in [1.165, 1.54) is 11.8 Å². The number of aromatic nitrogens is 1. The molecule has 2 atom stereocenters. The summed E-state index contributed by atoms with van der Waals surface area (Å²) in [6.07, 6.45) is 4.18. The summed E-state index contributed by atoms with van der Waals surface area (Å²) in [4.78, 5) is 24.3. The van der Waals surface area contributed by atoms with Crippen LogP contribution in [0.3, 0.4) is 0 Å². The average molecular weight is 465 g/mol. The number of hydrogen-bond donors (Lipinski definition) is 4. The molecule has 1 aromatic heterocycles. The lowest BCUT2D eigenvalue weighted by molar-refractivity contribution is 0.0694. The van der Waals surface area contributed by atoms with Crippen molar-refractivity contribution in [3.05, 3.63) is 69.8 Å². The fourth-order valence-corrected chi connectivity index (χ4v) is 5.04. The minimum absolute atomic E-state index is 0.0921. The molecule has 2 aromatic carbocycles. The van der Waals surface area contributed by atoms with Crippen molar-refractivity contribution in [2.45, 2.75) is 63.2 Å². The van der Waals surface area contributed by atoms with Crippen molar-refractivity contribution in [1.29, 1.82) is 0 Å². The first-order valence-electron chi connectivity index (χ1n) is 11.7. The van der Waals surface area contributed by atoms with Crippen LogP contribution in [0.1, 0.15) is 61.0 Å². The van der Waals surface area contributed by atoms with E-state index >= 15 is 4.39 Å². The molecule has 2 aliphatic rings. The standard InChI is InChI=1S/C26H29FN4O3/c1-13(2)31-12-18(26(33)34)25(32)22-21(31)11-20(23(27)24(22)28)30-16-8-15(9-16)29-19-10-17(19)14-6-4-3-5-7-14/h3-7,11-13,15-17,19,29-30H,8-10,28H2,1-2H3,(H,33,34)/t15?,16?,17-,19+/m0/s1. The zero-order valence-corrected chi connectivity index (χ0v) is 19.2. The zero-order chi connectivity index (χ0) is 24.1. The lowest BCUT2D eigenvalue weighted by atomic mass is 9.86. The Bertz CT molecular complexity index is 1320. The highest BCUT2D eigenvalue weighted by molar-refractivity contribution is 5.99. The van der Waals surface area contributed by atoms with Crippen molar-refractivity contribution in [1.82, 2.24) is 9.88 Å². The van der Waals surface area contributed by atoms with Gasteiger partial charge in [-0.15, -0.1) is 0 Å². The first-order chi connectivity index (χ1) is 16.2. The van der Waals surface area contributed by atoms with Gasteiger partial charge in [-0.25, -0.2) is 9.18 Å². The maximum absolute atomic E-state index is 15.2. The van der Waals surface area contributed by atoms with Crippen LogP contribution in [-0.2, 0) is 0 Å². The van der Waals surface area contributed by atoms with E-state index < -0.39 is 22.8 Å². The van der Waals surface area contributed by atoms with E-state index in [0.29, 0.717) is 23.5 Å². The summed E-state index contributed by atoms with van der Waals surface area (Å²) >= 11 is 0. The maximum atomic E-state index is 15.2. The van der Waals surface area contributed by atoms with Crippen LogP contribution in [0, 0.1) is 5.82 Å². The van der Waals surface area contributed by atoms with Crippen LogP contribution in [0.2, 0.25) is 0 Å². The summed E-state index contributed by atoms with van der Waals surface area (Å²) in [5.74, 6) is -1.51. The fraction of sp³-hybridized carbons (Fsp3) is 0.385. The molecule has 0 bridgehead atoms. The molecule has 8 heteroatoms. The second kappa shape index (κ2) is 8.43. The van der Waals surface area contributed by atoms with Crippen LogP contribution in [0.4, 0.5) is 15.8 Å². The van der Waals surface area contributed by atoms with Crippen molar-refractivity contribution in [2.24, 2.45) is 0 Å². The number of benzene rings is 2. The summed E-state index contributed by atoms with van der Waals surface area (Å²) < 4.78 is 16.8. The van der Waals surface area contributed by atoms with E-state index in [2.05, 4.69) is 34.9 Å². The molecule has 0 unspecified atom stereocenters. The number of carboxylic acid groups (broad SMARTS) is 1. The Morgan fingerprint density at radius 3 is 2.53 bits per heavy atom. The van der Waals surface area contributed by atoms with Crippen LogP contribution in [0.25, 0.3) is 10.9 Å². The van der Waals surface area contributed by atoms with Gasteiger partial charge in [0, 0.05) is 36.3 Å². The highest BCUT2D eigenvalue weighted by atomic mass is 19.1. The van der Waals surface area contributed by atoms with Gasteiger partial charge >= 0.3 is 5.97 Å². The van der Waals surface area contributed by atoms with E-state index in [4.69, 9.17) is 5.73 Å². The molecule has 0 spiro atoms. The number of anilines is 2. The van der Waals surface area contributed by atoms with Crippen molar-refractivity contribution in [3.8, 4) is 0 Å². The predicted octanol–water partition coefficient (Wildman–Crippen LogP) is 4.09. The normalized spacial score (nSPS) is 23.6. The number of nitrogens with one attached hydrogen (secondary N) is 2. The van der Waals surface area contributed by atoms with Crippen LogP contribution in [0.15, 0.2) is 47.4 Å². The molecule has 0 radical (unpaired) electrons. The molecule has 34 heavy (non-hydrogen) atoms. The second-order valence-corrected chi connectivity index (χ2v) is 9.76. The van der Waals surface area contributed by atoms with Gasteiger partial charge in [0.15, 0.2) is 5.82 Å². The minimum atomic E-state index is -1.36. The minimum Gasteiger partial charge on any atom is -0.477 e. The molecular formula is C26H29FN4O3. The Balaban J connectivity index is 1.32. The van der Waals surface area contributed by atoms with Gasteiger partial charge in [-0.3, -0.25) is 4.79 Å². The molecule has 0 aliphatic heterocycles. The maximum Gasteiger partial charge on any atom is 0.341 e. The number of halogens is 1. The number of hydrogen-bond acceptors (Lipinski definition) is 5. The van der Waals surface area contributed by atoms with Crippen molar-refractivity contribution in [2.75, 3.05) is 11.1 Å². The Hall–Kier alpha value is -3.39. The summed E-state index contributed by atoms with van der Waals surface area (Å²) in [5.41, 5.74) is 6.54. The smallest absolute Gasteiger partial charge is 0.341 e. The monoisotopic (exact) mass is 464 g/mol. The zero-order valence-electron chi connectivity index (χ0n) is 19.2. The number of nitrogens with zero attached hydrogens (tertiary/aromatic N) is 1. The van der Waals surface area contributed by atoms with Gasteiger partial charge in [0.25, 0.3) is 0 Å². The van der Waals surface area contributed by atoms with E-state index in [-0.39, 0.29) is 28.8 Å². The molecule has 1 heterocycles. The fourth-order valence-electron chi connectivity index (χ4n) is 5.04. The Labute approximate surface area is 196 Å². The summed E-state index contributed by atoms with van der Waals surface area (Å²) in [7, 11) is 0. The molecule has 7 nitrogen and oxygen atoms in total. The van der Waals surface area contributed by atoms with E-state index in [1.807, 2.05) is 19.9 Å². The molecule has 5 N–H and O–H groups in total. The molecule has 178 valence electrons. The Kier molecular flexibility index (Phi) is 5.56. The number of rotatable bonds is 7. The molecule has 3 aromatic rings. The number of carboxylic acids is 1. The largest absolute Gasteiger partial charge is 0.477 e. The summed E-state index contributed by atoms with van der Waals surface area (Å²) in [6.45, 7) is 3.73. The van der Waals surface area contributed by atoms with Gasteiger partial charge < -0.3 is 26.0 Å². The molecule has 2 fully saturated rings. The predicted molar refractivity (Wildman–Crippen MR) is 131 cm³/mol. The molecule has 0 amide bonds. The molecule has 2 aliphatic carbocycles. The first-order valence-corrected chi connectivity index (χ1v) is 11.7. The van der Waals surface area contributed by atoms with Crippen LogP contribution in [0.5, 0.6) is 0 Å². The SMILES string of the molecule is CC(C)n1cc(C(=O)O)c(=O)c2c(N)c(F)c(NC3CC(N[C@@H]4C[C@H]4c4ccccc4)C3)cc21. The lowest BCUT2D eigenvalue weighted by Crippen LogP contribution is -2.48.